The van der Waals surface area contributed by atoms with Crippen LogP contribution in [0.5, 0.6) is 0 Å². The molecule has 1 fully saturated rings. The molecule has 0 aromatic carbocycles. The summed E-state index contributed by atoms with van der Waals surface area (Å²) in [5.41, 5.74) is 11.1. The van der Waals surface area contributed by atoms with Crippen molar-refractivity contribution in [1.29, 1.82) is 0 Å². The van der Waals surface area contributed by atoms with Crippen LogP contribution in [0, 0.1) is 5.92 Å². The average molecular weight is 488 g/mol. The van der Waals surface area contributed by atoms with Gasteiger partial charge in [-0.15, -0.1) is 0 Å². The SMILES string of the molecule is CC[C@H](C)[C@H](NC(=O)[C@@H]1CCCN1C(=O)[C@@H](N)CCSC)C(=O)N[C@@H](CCC(N)=O)C(=O)O. The summed E-state index contributed by atoms with van der Waals surface area (Å²) < 4.78 is 0. The van der Waals surface area contributed by atoms with Gasteiger partial charge >= 0.3 is 5.97 Å². The number of rotatable bonds is 14. The molecule has 11 nitrogen and oxygen atoms in total. The lowest BCUT2D eigenvalue weighted by Gasteiger charge is -2.30. The van der Waals surface area contributed by atoms with Crippen LogP contribution in [-0.2, 0) is 24.0 Å². The molecular weight excluding hydrogens is 450 g/mol. The van der Waals surface area contributed by atoms with Crippen molar-refractivity contribution < 1.29 is 29.1 Å². The third-order valence-electron chi connectivity index (χ3n) is 5.88. The quantitative estimate of drug-likeness (QED) is 0.215. The number of carboxylic acids is 1. The summed E-state index contributed by atoms with van der Waals surface area (Å²) in [6, 6.07) is -3.74. The predicted molar refractivity (Wildman–Crippen MR) is 125 cm³/mol. The molecule has 5 atom stereocenters. The van der Waals surface area contributed by atoms with Gasteiger partial charge in [0.1, 0.15) is 18.1 Å². The molecule has 1 heterocycles. The number of carbonyl (C=O) groups is 5. The fraction of sp³-hybridized carbons (Fsp3) is 0.762. The Bertz CT molecular complexity index is 721. The van der Waals surface area contributed by atoms with Gasteiger partial charge in [0.05, 0.1) is 6.04 Å². The highest BCUT2D eigenvalue weighted by atomic mass is 32.2. The van der Waals surface area contributed by atoms with Crippen LogP contribution in [0.1, 0.15) is 52.4 Å². The number of aliphatic carboxylic acids is 1. The van der Waals surface area contributed by atoms with E-state index in [9.17, 15) is 29.1 Å². The second kappa shape index (κ2) is 14.0. The summed E-state index contributed by atoms with van der Waals surface area (Å²) in [5, 5.41) is 14.5. The fourth-order valence-corrected chi connectivity index (χ4v) is 4.13. The van der Waals surface area contributed by atoms with Crippen LogP contribution in [-0.4, -0.2) is 82.3 Å². The van der Waals surface area contributed by atoms with Gasteiger partial charge in [-0.25, -0.2) is 4.79 Å². The number of carboxylic acid groups (broad SMARTS) is 1. The summed E-state index contributed by atoms with van der Waals surface area (Å²) >= 11 is 1.58. The maximum absolute atomic E-state index is 13.1. The zero-order valence-electron chi connectivity index (χ0n) is 19.5. The first kappa shape index (κ1) is 28.7. The first-order valence-electron chi connectivity index (χ1n) is 11.2. The molecule has 0 spiro atoms. The van der Waals surface area contributed by atoms with Crippen LogP contribution in [0.4, 0.5) is 0 Å². The van der Waals surface area contributed by atoms with E-state index in [1.54, 1.807) is 18.7 Å². The van der Waals surface area contributed by atoms with E-state index < -0.39 is 47.9 Å². The van der Waals surface area contributed by atoms with Crippen molar-refractivity contribution in [1.82, 2.24) is 15.5 Å². The summed E-state index contributed by atoms with van der Waals surface area (Å²) in [7, 11) is 0. The van der Waals surface area contributed by atoms with Gasteiger partial charge in [-0.1, -0.05) is 20.3 Å². The van der Waals surface area contributed by atoms with Gasteiger partial charge in [-0.2, -0.15) is 11.8 Å². The zero-order valence-corrected chi connectivity index (χ0v) is 20.4. The normalized spacial score (nSPS) is 19.3. The Labute approximate surface area is 198 Å². The van der Waals surface area contributed by atoms with E-state index in [0.29, 0.717) is 32.2 Å². The van der Waals surface area contributed by atoms with Crippen molar-refractivity contribution in [2.45, 2.75) is 76.5 Å². The largest absolute Gasteiger partial charge is 0.480 e. The lowest BCUT2D eigenvalue weighted by molar-refractivity contribution is -0.143. The number of likely N-dealkylation sites (tertiary alicyclic amines) is 1. The smallest absolute Gasteiger partial charge is 0.326 e. The zero-order chi connectivity index (χ0) is 25.1. The van der Waals surface area contributed by atoms with E-state index >= 15 is 0 Å². The van der Waals surface area contributed by atoms with Crippen molar-refractivity contribution >= 4 is 41.4 Å². The minimum absolute atomic E-state index is 0.156. The second-order valence-electron chi connectivity index (χ2n) is 8.35. The fourth-order valence-electron chi connectivity index (χ4n) is 3.64. The minimum Gasteiger partial charge on any atom is -0.480 e. The molecule has 188 valence electrons. The number of primary amides is 1. The molecule has 4 amide bonds. The predicted octanol–water partition coefficient (Wildman–Crippen LogP) is -0.576. The van der Waals surface area contributed by atoms with E-state index in [1.807, 2.05) is 13.2 Å². The third-order valence-corrected chi connectivity index (χ3v) is 6.52. The lowest BCUT2D eigenvalue weighted by Crippen LogP contribution is -2.58. The van der Waals surface area contributed by atoms with Crippen LogP contribution < -0.4 is 22.1 Å². The highest BCUT2D eigenvalue weighted by Gasteiger charge is 2.38. The molecule has 0 aromatic rings. The molecule has 0 radical (unpaired) electrons. The summed E-state index contributed by atoms with van der Waals surface area (Å²) in [4.78, 5) is 62.7. The number of nitrogens with zero attached hydrogens (tertiary/aromatic N) is 1. The van der Waals surface area contributed by atoms with Crippen LogP contribution in [0.2, 0.25) is 0 Å². The molecule has 0 aromatic heterocycles. The molecule has 1 aliphatic heterocycles. The molecule has 0 unspecified atom stereocenters. The Kier molecular flexibility index (Phi) is 12.2. The monoisotopic (exact) mass is 487 g/mol. The summed E-state index contributed by atoms with van der Waals surface area (Å²) in [6.07, 6.45) is 3.72. The molecule has 1 aliphatic rings. The number of carbonyl (C=O) groups excluding carboxylic acids is 4. The molecule has 12 heteroatoms. The van der Waals surface area contributed by atoms with Gasteiger partial charge in [-0.05, 0) is 43.6 Å². The van der Waals surface area contributed by atoms with Crippen molar-refractivity contribution in [2.75, 3.05) is 18.6 Å². The Morgan fingerprint density at radius 1 is 1.18 bits per heavy atom. The molecular formula is C21H37N5O6S. The van der Waals surface area contributed by atoms with Gasteiger partial charge in [0.15, 0.2) is 0 Å². The highest BCUT2D eigenvalue weighted by molar-refractivity contribution is 7.98. The van der Waals surface area contributed by atoms with Crippen LogP contribution in [0.3, 0.4) is 0 Å². The summed E-state index contributed by atoms with van der Waals surface area (Å²) in [6.45, 7) is 4.02. The minimum atomic E-state index is -1.31. The number of nitrogens with two attached hydrogens (primary N) is 2. The van der Waals surface area contributed by atoms with Crippen molar-refractivity contribution in [3.8, 4) is 0 Å². The number of thioether (sulfide) groups is 1. The third kappa shape index (κ3) is 8.84. The molecule has 1 rings (SSSR count). The maximum Gasteiger partial charge on any atom is 0.326 e. The Morgan fingerprint density at radius 3 is 2.39 bits per heavy atom. The van der Waals surface area contributed by atoms with E-state index in [-0.39, 0.29) is 24.7 Å². The first-order chi connectivity index (χ1) is 15.5. The number of hydrogen-bond acceptors (Lipinski definition) is 7. The highest BCUT2D eigenvalue weighted by Crippen LogP contribution is 2.20. The van der Waals surface area contributed by atoms with Crippen LogP contribution in [0.15, 0.2) is 0 Å². The van der Waals surface area contributed by atoms with Crippen molar-refractivity contribution in [3.63, 3.8) is 0 Å². The molecule has 0 bridgehead atoms. The number of amides is 4. The molecule has 1 saturated heterocycles. The molecule has 0 aliphatic carbocycles. The van der Waals surface area contributed by atoms with Crippen molar-refractivity contribution in [3.05, 3.63) is 0 Å². The van der Waals surface area contributed by atoms with E-state index in [0.717, 1.165) is 5.75 Å². The Balaban J connectivity index is 2.91. The van der Waals surface area contributed by atoms with Crippen LogP contribution >= 0.6 is 11.8 Å². The standard InChI is InChI=1S/C21H37N5O6S/c1-4-12(2)17(19(29)24-14(21(31)32)7-8-16(23)27)25-18(28)15-6-5-10-26(15)20(30)13(22)9-11-33-3/h12-15,17H,4-11,22H2,1-3H3,(H2,23,27)(H,24,29)(H,25,28)(H,31,32)/t12-,13-,14-,15-,17-/m0/s1. The lowest BCUT2D eigenvalue weighted by atomic mass is 9.97. The van der Waals surface area contributed by atoms with Gasteiger partial charge in [0.25, 0.3) is 0 Å². The average Bonchev–Trinajstić information content (AvgIpc) is 3.26. The Hall–Kier alpha value is -2.34. The molecule has 0 saturated carbocycles. The first-order valence-corrected chi connectivity index (χ1v) is 12.6. The van der Waals surface area contributed by atoms with Gasteiger partial charge in [-0.3, -0.25) is 19.2 Å². The number of hydrogen-bond donors (Lipinski definition) is 5. The van der Waals surface area contributed by atoms with E-state index in [1.165, 1.54) is 4.90 Å². The number of nitrogens with one attached hydrogen (secondary N) is 2. The van der Waals surface area contributed by atoms with Crippen LogP contribution in [0.25, 0.3) is 0 Å². The van der Waals surface area contributed by atoms with Crippen molar-refractivity contribution in [2.24, 2.45) is 17.4 Å². The van der Waals surface area contributed by atoms with E-state index in [2.05, 4.69) is 10.6 Å². The topological polar surface area (TPSA) is 185 Å². The second-order valence-corrected chi connectivity index (χ2v) is 9.34. The van der Waals surface area contributed by atoms with E-state index in [4.69, 9.17) is 11.5 Å². The van der Waals surface area contributed by atoms with Gasteiger partial charge in [0, 0.05) is 13.0 Å². The molecule has 33 heavy (non-hydrogen) atoms. The molecule has 7 N–H and O–H groups in total. The van der Waals surface area contributed by atoms with Gasteiger partial charge in [0.2, 0.25) is 23.6 Å². The summed E-state index contributed by atoms with van der Waals surface area (Å²) in [5.74, 6) is -2.97. The Morgan fingerprint density at radius 2 is 1.85 bits per heavy atom. The van der Waals surface area contributed by atoms with Gasteiger partial charge < -0.3 is 32.1 Å². The maximum atomic E-state index is 13.1.